The third kappa shape index (κ3) is 4.41. The Balaban J connectivity index is 1.65. The van der Waals surface area contributed by atoms with Crippen LogP contribution >= 0.6 is 0 Å². The summed E-state index contributed by atoms with van der Waals surface area (Å²) in [4.78, 5) is 20.6. The number of hydrogen-bond acceptors (Lipinski definition) is 3. The van der Waals surface area contributed by atoms with Crippen LogP contribution in [0.1, 0.15) is 44.9 Å². The van der Waals surface area contributed by atoms with Gasteiger partial charge in [0.05, 0.1) is 6.10 Å². The van der Waals surface area contributed by atoms with Crippen molar-refractivity contribution in [3.8, 4) is 0 Å². The van der Waals surface area contributed by atoms with Crippen molar-refractivity contribution < 1.29 is 9.53 Å². The topological polar surface area (TPSA) is 57.2 Å². The number of nitrogens with zero attached hydrogens (tertiary/aromatic N) is 3. The van der Waals surface area contributed by atoms with Gasteiger partial charge in [-0.25, -0.2) is 4.99 Å². The van der Waals surface area contributed by atoms with Crippen molar-refractivity contribution in [3.05, 3.63) is 0 Å². The third-order valence-electron chi connectivity index (χ3n) is 5.57. The number of amides is 1. The molecule has 1 saturated carbocycles. The molecule has 0 aromatic carbocycles. The number of fused-ring (bicyclic) bond motifs is 1. The maximum Gasteiger partial charge on any atom is 0.243 e. The first-order valence-corrected chi connectivity index (χ1v) is 9.51. The zero-order valence-electron chi connectivity index (χ0n) is 15.2. The van der Waals surface area contributed by atoms with Gasteiger partial charge in [0, 0.05) is 45.8 Å². The number of ether oxygens (including phenoxy) is 1. The van der Waals surface area contributed by atoms with Crippen LogP contribution in [-0.2, 0) is 9.53 Å². The van der Waals surface area contributed by atoms with Crippen LogP contribution in [-0.4, -0.2) is 74.1 Å². The van der Waals surface area contributed by atoms with Crippen LogP contribution < -0.4 is 5.32 Å². The Morgan fingerprint density at radius 1 is 1.21 bits per heavy atom. The minimum absolute atomic E-state index is 0.0524. The summed E-state index contributed by atoms with van der Waals surface area (Å²) in [5, 5.41) is 3.64. The molecule has 3 fully saturated rings. The van der Waals surface area contributed by atoms with Crippen LogP contribution in [0.3, 0.4) is 0 Å². The average molecular weight is 336 g/mol. The van der Waals surface area contributed by atoms with E-state index in [0.29, 0.717) is 18.1 Å². The van der Waals surface area contributed by atoms with Gasteiger partial charge in [0.1, 0.15) is 6.54 Å². The van der Waals surface area contributed by atoms with E-state index >= 15 is 0 Å². The van der Waals surface area contributed by atoms with Crippen LogP contribution in [0.2, 0.25) is 0 Å². The Morgan fingerprint density at radius 3 is 2.75 bits per heavy atom. The second kappa shape index (κ2) is 8.19. The summed E-state index contributed by atoms with van der Waals surface area (Å²) in [6, 6.07) is 0.513. The summed E-state index contributed by atoms with van der Waals surface area (Å²) in [6.45, 7) is 3.11. The number of likely N-dealkylation sites (tertiary alicyclic amines) is 1. The van der Waals surface area contributed by atoms with Gasteiger partial charge < -0.3 is 19.9 Å². The molecule has 0 radical (unpaired) electrons. The molecule has 0 spiro atoms. The maximum atomic E-state index is 11.9. The lowest BCUT2D eigenvalue weighted by Gasteiger charge is -2.42. The number of likely N-dealkylation sites (N-methyl/N-ethyl adjacent to an activating group) is 1. The van der Waals surface area contributed by atoms with Gasteiger partial charge in [0.25, 0.3) is 0 Å². The highest BCUT2D eigenvalue weighted by Crippen LogP contribution is 2.28. The molecule has 136 valence electrons. The van der Waals surface area contributed by atoms with E-state index in [0.717, 1.165) is 38.5 Å². The van der Waals surface area contributed by atoms with Gasteiger partial charge in [-0.2, -0.15) is 0 Å². The molecule has 0 bridgehead atoms. The molecule has 1 aliphatic carbocycles. The molecule has 0 aromatic heterocycles. The first-order chi connectivity index (χ1) is 11.6. The molecule has 0 unspecified atom stereocenters. The second-order valence-electron chi connectivity index (χ2n) is 7.60. The number of guanidine groups is 1. The Morgan fingerprint density at radius 2 is 2.00 bits per heavy atom. The molecule has 2 saturated heterocycles. The molecule has 3 aliphatic rings. The Hall–Kier alpha value is -1.30. The van der Waals surface area contributed by atoms with E-state index in [-0.39, 0.29) is 12.5 Å². The van der Waals surface area contributed by atoms with E-state index in [9.17, 15) is 4.79 Å². The number of piperidine rings is 1. The number of nitrogens with one attached hydrogen (secondary N) is 1. The summed E-state index contributed by atoms with van der Waals surface area (Å²) < 4.78 is 5.93. The number of rotatable bonds is 3. The smallest absolute Gasteiger partial charge is 0.243 e. The maximum absolute atomic E-state index is 11.9. The summed E-state index contributed by atoms with van der Waals surface area (Å²) >= 11 is 0. The predicted octanol–water partition coefficient (Wildman–Crippen LogP) is 1.46. The molecule has 1 N–H and O–H groups in total. The zero-order valence-corrected chi connectivity index (χ0v) is 15.2. The van der Waals surface area contributed by atoms with Crippen LogP contribution in [0, 0.1) is 5.92 Å². The highest BCUT2D eigenvalue weighted by molar-refractivity contribution is 5.85. The van der Waals surface area contributed by atoms with Crippen LogP contribution in [0.4, 0.5) is 0 Å². The fourth-order valence-corrected chi connectivity index (χ4v) is 4.05. The molecular weight excluding hydrogens is 304 g/mol. The Bertz CT molecular complexity index is 460. The van der Waals surface area contributed by atoms with Crippen molar-refractivity contribution in [3.63, 3.8) is 0 Å². The molecule has 0 aromatic rings. The molecular formula is C18H32N4O2. The van der Waals surface area contributed by atoms with E-state index in [1.165, 1.54) is 32.1 Å². The highest BCUT2D eigenvalue weighted by Gasteiger charge is 2.34. The molecule has 24 heavy (non-hydrogen) atoms. The van der Waals surface area contributed by atoms with Crippen LogP contribution in [0.15, 0.2) is 4.99 Å². The van der Waals surface area contributed by atoms with Crippen molar-refractivity contribution in [1.82, 2.24) is 15.1 Å². The van der Waals surface area contributed by atoms with E-state index in [1.807, 2.05) is 0 Å². The van der Waals surface area contributed by atoms with Crippen LogP contribution in [0.25, 0.3) is 0 Å². The lowest BCUT2D eigenvalue weighted by molar-refractivity contribution is -0.127. The Labute approximate surface area is 145 Å². The number of carbonyl (C=O) groups excluding carboxylic acids is 1. The largest absolute Gasteiger partial charge is 0.378 e. The fourth-order valence-electron chi connectivity index (χ4n) is 4.05. The van der Waals surface area contributed by atoms with Gasteiger partial charge in [-0.05, 0) is 32.1 Å². The highest BCUT2D eigenvalue weighted by atomic mass is 16.5. The van der Waals surface area contributed by atoms with Gasteiger partial charge in [-0.1, -0.05) is 12.8 Å². The molecule has 1 amide bonds. The van der Waals surface area contributed by atoms with E-state index in [1.54, 1.807) is 19.0 Å². The quantitative estimate of drug-likeness (QED) is 0.626. The average Bonchev–Trinajstić information content (AvgIpc) is 3.10. The lowest BCUT2D eigenvalue weighted by Crippen LogP contribution is -2.53. The number of aliphatic imine (C=N–C) groups is 1. The number of carbonyl (C=O) groups is 1. The summed E-state index contributed by atoms with van der Waals surface area (Å²) in [7, 11) is 3.57. The molecule has 2 atom stereocenters. The minimum Gasteiger partial charge on any atom is -0.378 e. The summed E-state index contributed by atoms with van der Waals surface area (Å²) in [5.41, 5.74) is 0. The van der Waals surface area contributed by atoms with Gasteiger partial charge >= 0.3 is 0 Å². The standard InChI is InChI=1S/C18H32N4O2/c1-21(2)17(23)12-19-18(20-15-7-3-4-8-15)22-10-9-16-14(13-22)6-5-11-24-16/h14-16H,3-13H2,1-2H3,(H,19,20)/t14-,16-/m0/s1. The second-order valence-corrected chi connectivity index (χ2v) is 7.60. The first kappa shape index (κ1) is 17.5. The van der Waals surface area contributed by atoms with Crippen LogP contribution in [0.5, 0.6) is 0 Å². The van der Waals surface area contributed by atoms with Gasteiger partial charge in [-0.3, -0.25) is 4.79 Å². The van der Waals surface area contributed by atoms with Gasteiger partial charge in [0.2, 0.25) is 5.91 Å². The molecule has 6 nitrogen and oxygen atoms in total. The molecule has 6 heteroatoms. The van der Waals surface area contributed by atoms with E-state index in [2.05, 4.69) is 15.2 Å². The van der Waals surface area contributed by atoms with Crippen molar-refractivity contribution in [1.29, 1.82) is 0 Å². The van der Waals surface area contributed by atoms with E-state index in [4.69, 9.17) is 4.74 Å². The third-order valence-corrected chi connectivity index (χ3v) is 5.57. The molecule has 3 rings (SSSR count). The molecule has 2 heterocycles. The van der Waals surface area contributed by atoms with Crippen molar-refractivity contribution >= 4 is 11.9 Å². The van der Waals surface area contributed by atoms with E-state index < -0.39 is 0 Å². The zero-order chi connectivity index (χ0) is 16.9. The van der Waals surface area contributed by atoms with Crippen molar-refractivity contribution in [2.45, 2.75) is 57.1 Å². The molecule has 2 aliphatic heterocycles. The van der Waals surface area contributed by atoms with Crippen molar-refractivity contribution in [2.75, 3.05) is 40.3 Å². The fraction of sp³-hybridized carbons (Fsp3) is 0.889. The van der Waals surface area contributed by atoms with Crippen molar-refractivity contribution in [2.24, 2.45) is 10.9 Å². The first-order valence-electron chi connectivity index (χ1n) is 9.51. The van der Waals surface area contributed by atoms with Gasteiger partial charge in [0.15, 0.2) is 5.96 Å². The van der Waals surface area contributed by atoms with Gasteiger partial charge in [-0.15, -0.1) is 0 Å². The monoisotopic (exact) mass is 336 g/mol. The number of hydrogen-bond donors (Lipinski definition) is 1. The lowest BCUT2D eigenvalue weighted by atomic mass is 9.88. The predicted molar refractivity (Wildman–Crippen MR) is 95.0 cm³/mol. The normalized spacial score (nSPS) is 28.6. The summed E-state index contributed by atoms with van der Waals surface area (Å²) in [5.74, 6) is 1.59. The Kier molecular flexibility index (Phi) is 5.98. The SMILES string of the molecule is CN(C)C(=O)CN=C(NC1CCCC1)N1CC[C@@H]2OCCC[C@H]2C1. The summed E-state index contributed by atoms with van der Waals surface area (Å²) in [6.07, 6.45) is 8.90. The minimum atomic E-state index is 0.0524.